The predicted octanol–water partition coefficient (Wildman–Crippen LogP) is -0.683. The molecule has 0 aliphatic rings. The van der Waals surface area contributed by atoms with Crippen molar-refractivity contribution in [1.82, 2.24) is 0 Å². The molecule has 1 aromatic rings. The zero-order valence-electron chi connectivity index (χ0n) is 7.03. The Morgan fingerprint density at radius 3 is 2.58 bits per heavy atom. The average Bonchev–Trinajstić information content (AvgIpc) is 1.82. The number of sulfonamides is 1. The number of anilines is 1. The first-order chi connectivity index (χ1) is 5.47. The summed E-state index contributed by atoms with van der Waals surface area (Å²) < 4.78 is 24.0. The summed E-state index contributed by atoms with van der Waals surface area (Å²) in [6.45, 7) is 0. The second-order valence-electron chi connectivity index (χ2n) is 2.74. The van der Waals surface area contributed by atoms with Crippen LogP contribution in [-0.2, 0) is 10.0 Å². The Morgan fingerprint density at radius 2 is 2.08 bits per heavy atom. The van der Waals surface area contributed by atoms with Crippen LogP contribution >= 0.6 is 0 Å². The topological polar surface area (TPSA) is 46.2 Å². The van der Waals surface area contributed by atoms with Crippen LogP contribution in [0.4, 0.5) is 5.69 Å². The van der Waals surface area contributed by atoms with Gasteiger partial charge < -0.3 is 0 Å². The van der Waals surface area contributed by atoms with Crippen LogP contribution in [0.2, 0.25) is 0 Å². The normalized spacial score (nSPS) is 11.1. The molecule has 0 saturated carbocycles. The molecule has 0 aromatic heterocycles. The van der Waals surface area contributed by atoms with E-state index >= 15 is 0 Å². The number of rotatable bonds is 2. The van der Waals surface area contributed by atoms with Gasteiger partial charge in [-0.05, 0) is 12.1 Å². The van der Waals surface area contributed by atoms with Gasteiger partial charge in [-0.15, -0.1) is 0 Å². The first-order valence-corrected chi connectivity index (χ1v) is 5.41. The van der Waals surface area contributed by atoms with E-state index in [1.165, 1.54) is 0 Å². The molecule has 64 valence electrons. The first kappa shape index (κ1) is 9.13. The highest BCUT2D eigenvalue weighted by Gasteiger charge is 1.99. The third-order valence-electron chi connectivity index (χ3n) is 1.32. The van der Waals surface area contributed by atoms with Crippen molar-refractivity contribution in [1.29, 1.82) is 0 Å². The van der Waals surface area contributed by atoms with Crippen molar-refractivity contribution in [2.45, 2.75) is 0 Å². The van der Waals surface area contributed by atoms with Crippen molar-refractivity contribution in [2.75, 3.05) is 11.0 Å². The molecule has 0 unspecified atom stereocenters. The molecule has 0 bridgehead atoms. The molecule has 0 heterocycles. The molecular weight excluding hydrogens is 173 g/mol. The third-order valence-corrected chi connectivity index (χ3v) is 1.93. The zero-order valence-corrected chi connectivity index (χ0v) is 7.85. The lowest BCUT2D eigenvalue weighted by Crippen LogP contribution is -2.11. The fourth-order valence-corrected chi connectivity index (χ4v) is 1.48. The SMILES string of the molecule is Bc1cccc(NS(C)(=O)=O)c1. The quantitative estimate of drug-likeness (QED) is 0.617. The second kappa shape index (κ2) is 3.19. The minimum atomic E-state index is -3.14. The standard InChI is InChI=1S/C7H10BNO2S/c1-12(10,11)9-7-4-2-3-6(8)5-7/h2-5,9H,8H2,1H3. The molecule has 0 aliphatic heterocycles. The zero-order chi connectivity index (χ0) is 9.19. The summed E-state index contributed by atoms with van der Waals surface area (Å²) in [6.07, 6.45) is 1.13. The molecule has 1 N–H and O–H groups in total. The molecule has 0 atom stereocenters. The molecule has 5 heteroatoms. The van der Waals surface area contributed by atoms with Crippen molar-refractivity contribution >= 4 is 29.0 Å². The van der Waals surface area contributed by atoms with Crippen molar-refractivity contribution in [3.63, 3.8) is 0 Å². The monoisotopic (exact) mass is 183 g/mol. The summed E-state index contributed by atoms with van der Waals surface area (Å²) in [5.41, 5.74) is 1.64. The summed E-state index contributed by atoms with van der Waals surface area (Å²) in [7, 11) is -1.23. The Kier molecular flexibility index (Phi) is 2.42. The number of hydrogen-bond acceptors (Lipinski definition) is 2. The van der Waals surface area contributed by atoms with Gasteiger partial charge >= 0.3 is 0 Å². The van der Waals surface area contributed by atoms with E-state index in [9.17, 15) is 8.42 Å². The Balaban J connectivity index is 2.91. The molecule has 0 amide bonds. The van der Waals surface area contributed by atoms with Crippen LogP contribution in [0.15, 0.2) is 24.3 Å². The Morgan fingerprint density at radius 1 is 1.42 bits per heavy atom. The molecule has 0 radical (unpaired) electrons. The molecular formula is C7H10BNO2S. The van der Waals surface area contributed by atoms with Crippen LogP contribution in [0.5, 0.6) is 0 Å². The minimum absolute atomic E-state index is 0.609. The van der Waals surface area contributed by atoms with Crippen LogP contribution in [0.1, 0.15) is 0 Å². The second-order valence-corrected chi connectivity index (χ2v) is 4.49. The average molecular weight is 183 g/mol. The van der Waals surface area contributed by atoms with E-state index in [1.54, 1.807) is 12.1 Å². The van der Waals surface area contributed by atoms with Crippen molar-refractivity contribution in [3.05, 3.63) is 24.3 Å². The minimum Gasteiger partial charge on any atom is -0.284 e. The summed E-state index contributed by atoms with van der Waals surface area (Å²) in [5.74, 6) is 0. The lowest BCUT2D eigenvalue weighted by molar-refractivity contribution is 0.607. The summed E-state index contributed by atoms with van der Waals surface area (Å²) in [6, 6.07) is 7.21. The Hall–Kier alpha value is -0.965. The van der Waals surface area contributed by atoms with Crippen LogP contribution < -0.4 is 10.2 Å². The first-order valence-electron chi connectivity index (χ1n) is 3.52. The van der Waals surface area contributed by atoms with E-state index in [1.807, 2.05) is 20.0 Å². The van der Waals surface area contributed by atoms with E-state index in [0.717, 1.165) is 11.7 Å². The number of benzene rings is 1. The van der Waals surface area contributed by atoms with Gasteiger partial charge in [-0.3, -0.25) is 4.72 Å². The molecule has 1 aromatic carbocycles. The van der Waals surface area contributed by atoms with Crippen LogP contribution in [0.3, 0.4) is 0 Å². The van der Waals surface area contributed by atoms with E-state index in [-0.39, 0.29) is 0 Å². The Bertz CT molecular complexity index is 375. The lowest BCUT2D eigenvalue weighted by Gasteiger charge is -2.03. The summed E-state index contributed by atoms with van der Waals surface area (Å²) in [5, 5.41) is 0. The summed E-state index contributed by atoms with van der Waals surface area (Å²) >= 11 is 0. The van der Waals surface area contributed by atoms with Crippen molar-refractivity contribution < 1.29 is 8.42 Å². The molecule has 12 heavy (non-hydrogen) atoms. The van der Waals surface area contributed by atoms with Crippen molar-refractivity contribution in [3.8, 4) is 0 Å². The number of hydrogen-bond donors (Lipinski definition) is 1. The van der Waals surface area contributed by atoms with Gasteiger partial charge in [0.05, 0.1) is 6.26 Å². The highest BCUT2D eigenvalue weighted by Crippen LogP contribution is 2.04. The van der Waals surface area contributed by atoms with Gasteiger partial charge in [-0.25, -0.2) is 8.42 Å². The van der Waals surface area contributed by atoms with Gasteiger partial charge in [0.15, 0.2) is 0 Å². The fraction of sp³-hybridized carbons (Fsp3) is 0.143. The highest BCUT2D eigenvalue weighted by atomic mass is 32.2. The van der Waals surface area contributed by atoms with Gasteiger partial charge in [-0.1, -0.05) is 17.6 Å². The summed E-state index contributed by atoms with van der Waals surface area (Å²) in [4.78, 5) is 0. The van der Waals surface area contributed by atoms with E-state index in [4.69, 9.17) is 0 Å². The van der Waals surface area contributed by atoms with Crippen molar-refractivity contribution in [2.24, 2.45) is 0 Å². The van der Waals surface area contributed by atoms with Crippen LogP contribution in [0.25, 0.3) is 0 Å². The molecule has 3 nitrogen and oxygen atoms in total. The van der Waals surface area contributed by atoms with Gasteiger partial charge in [0.2, 0.25) is 10.0 Å². The Labute approximate surface area is 73.3 Å². The molecule has 0 spiro atoms. The van der Waals surface area contributed by atoms with E-state index in [2.05, 4.69) is 4.72 Å². The molecule has 1 rings (SSSR count). The van der Waals surface area contributed by atoms with Gasteiger partial charge in [-0.2, -0.15) is 0 Å². The number of nitrogens with one attached hydrogen (secondary N) is 1. The lowest BCUT2D eigenvalue weighted by atomic mass is 9.96. The van der Waals surface area contributed by atoms with E-state index < -0.39 is 10.0 Å². The van der Waals surface area contributed by atoms with E-state index in [0.29, 0.717) is 5.69 Å². The smallest absolute Gasteiger partial charge is 0.229 e. The fourth-order valence-electron chi connectivity index (χ4n) is 0.923. The highest BCUT2D eigenvalue weighted by molar-refractivity contribution is 7.92. The maximum atomic E-state index is 10.8. The molecule has 0 saturated heterocycles. The largest absolute Gasteiger partial charge is 0.284 e. The van der Waals surface area contributed by atoms with Gasteiger partial charge in [0, 0.05) is 5.69 Å². The van der Waals surface area contributed by atoms with Gasteiger partial charge in [0.25, 0.3) is 0 Å². The van der Waals surface area contributed by atoms with Crippen LogP contribution in [0, 0.1) is 0 Å². The third kappa shape index (κ3) is 2.96. The van der Waals surface area contributed by atoms with Crippen LogP contribution in [-0.4, -0.2) is 22.5 Å². The predicted molar refractivity (Wildman–Crippen MR) is 53.1 cm³/mol. The van der Waals surface area contributed by atoms with Gasteiger partial charge in [0.1, 0.15) is 7.85 Å². The maximum absolute atomic E-state index is 10.8. The molecule has 0 aliphatic carbocycles. The maximum Gasteiger partial charge on any atom is 0.229 e. The molecule has 0 fully saturated rings.